The molecule has 1 amide bonds. The fourth-order valence-corrected chi connectivity index (χ4v) is 3.43. The third kappa shape index (κ3) is 4.31. The molecule has 0 N–H and O–H groups in total. The van der Waals surface area contributed by atoms with Crippen molar-refractivity contribution in [2.75, 3.05) is 46.9 Å². The number of likely N-dealkylation sites (N-methyl/N-ethyl adjacent to an activating group) is 1. The average Bonchev–Trinajstić information content (AvgIpc) is 3.07. The van der Waals surface area contributed by atoms with Crippen LogP contribution in [0.4, 0.5) is 0 Å². The minimum atomic E-state index is -0.187. The van der Waals surface area contributed by atoms with Crippen LogP contribution in [0.1, 0.15) is 15.9 Å². The van der Waals surface area contributed by atoms with E-state index in [1.807, 2.05) is 36.2 Å². The van der Waals surface area contributed by atoms with Crippen LogP contribution in [0.3, 0.4) is 0 Å². The van der Waals surface area contributed by atoms with E-state index in [0.717, 1.165) is 18.7 Å². The summed E-state index contributed by atoms with van der Waals surface area (Å²) in [7, 11) is 3.64. The maximum Gasteiger partial charge on any atom is 0.260 e. The molecule has 2 aliphatic rings. The Kier molecular flexibility index (Phi) is 5.72. The van der Waals surface area contributed by atoms with Crippen molar-refractivity contribution in [3.63, 3.8) is 0 Å². The summed E-state index contributed by atoms with van der Waals surface area (Å²) in [4.78, 5) is 29.0. The minimum Gasteiger partial charge on any atom is -0.497 e. The molecule has 7 nitrogen and oxygen atoms in total. The monoisotopic (exact) mass is 408 g/mol. The number of benzene rings is 2. The van der Waals surface area contributed by atoms with Gasteiger partial charge < -0.3 is 24.0 Å². The zero-order chi connectivity index (χ0) is 21.1. The molecule has 156 valence electrons. The Bertz CT molecular complexity index is 993. The maximum atomic E-state index is 12.6. The highest BCUT2D eigenvalue weighted by molar-refractivity contribution is 6.14. The molecule has 2 heterocycles. The van der Waals surface area contributed by atoms with Crippen LogP contribution < -0.4 is 14.2 Å². The van der Waals surface area contributed by atoms with E-state index in [1.54, 1.807) is 31.4 Å². The molecule has 4 rings (SSSR count). The van der Waals surface area contributed by atoms with Crippen molar-refractivity contribution in [2.24, 2.45) is 0 Å². The van der Waals surface area contributed by atoms with Gasteiger partial charge in [-0.2, -0.15) is 0 Å². The first-order chi connectivity index (χ1) is 14.5. The molecule has 0 radical (unpaired) electrons. The molecule has 0 aliphatic carbocycles. The fraction of sp³-hybridized carbons (Fsp3) is 0.304. The second-order valence-electron chi connectivity index (χ2n) is 7.35. The van der Waals surface area contributed by atoms with Gasteiger partial charge in [0, 0.05) is 32.2 Å². The number of hydrogen-bond donors (Lipinski definition) is 0. The van der Waals surface area contributed by atoms with Crippen LogP contribution in [0.5, 0.6) is 17.2 Å². The van der Waals surface area contributed by atoms with Crippen LogP contribution in [0.25, 0.3) is 6.08 Å². The Labute approximate surface area is 175 Å². The van der Waals surface area contributed by atoms with Crippen molar-refractivity contribution in [3.8, 4) is 17.2 Å². The van der Waals surface area contributed by atoms with E-state index in [0.29, 0.717) is 35.9 Å². The smallest absolute Gasteiger partial charge is 0.260 e. The summed E-state index contributed by atoms with van der Waals surface area (Å²) in [6.07, 6.45) is 1.68. The van der Waals surface area contributed by atoms with Gasteiger partial charge in [0.15, 0.2) is 12.4 Å². The Hall–Kier alpha value is -3.32. The first-order valence-corrected chi connectivity index (χ1v) is 9.85. The predicted octanol–water partition coefficient (Wildman–Crippen LogP) is 2.46. The number of Topliss-reactive ketones (excluding diaryl/α,β-unsaturated/α-hetero) is 1. The summed E-state index contributed by atoms with van der Waals surface area (Å²) in [6, 6.07) is 12.4. The number of ketones is 1. The van der Waals surface area contributed by atoms with E-state index in [1.165, 1.54) is 0 Å². The fourth-order valence-electron chi connectivity index (χ4n) is 3.43. The summed E-state index contributed by atoms with van der Waals surface area (Å²) in [5, 5.41) is 0. The van der Waals surface area contributed by atoms with Gasteiger partial charge in [0.2, 0.25) is 5.78 Å². The SMILES string of the molecule is COc1cccc(C=C2Oc3cc(OCC(=O)N4CCN(C)CC4)ccc3C2=O)c1. The van der Waals surface area contributed by atoms with E-state index in [9.17, 15) is 9.59 Å². The molecule has 2 aromatic carbocycles. The van der Waals surface area contributed by atoms with Gasteiger partial charge in [0.1, 0.15) is 17.2 Å². The van der Waals surface area contributed by atoms with Crippen molar-refractivity contribution in [3.05, 3.63) is 59.4 Å². The third-order valence-electron chi connectivity index (χ3n) is 5.25. The zero-order valence-electron chi connectivity index (χ0n) is 17.1. The molecule has 2 aromatic rings. The highest BCUT2D eigenvalue weighted by Gasteiger charge is 2.28. The number of carbonyl (C=O) groups excluding carboxylic acids is 2. The Morgan fingerprint density at radius 3 is 2.67 bits per heavy atom. The number of nitrogens with zero attached hydrogens (tertiary/aromatic N) is 2. The van der Waals surface area contributed by atoms with Gasteiger partial charge in [-0.3, -0.25) is 9.59 Å². The lowest BCUT2D eigenvalue weighted by Crippen LogP contribution is -2.48. The Balaban J connectivity index is 1.42. The third-order valence-corrected chi connectivity index (χ3v) is 5.25. The van der Waals surface area contributed by atoms with Crippen LogP contribution in [-0.2, 0) is 4.79 Å². The summed E-state index contributed by atoms with van der Waals surface area (Å²) < 4.78 is 16.6. The van der Waals surface area contributed by atoms with Gasteiger partial charge in [0.05, 0.1) is 12.7 Å². The summed E-state index contributed by atoms with van der Waals surface area (Å²) >= 11 is 0. The molecule has 1 saturated heterocycles. The molecule has 1 fully saturated rings. The minimum absolute atomic E-state index is 0.0387. The number of hydrogen-bond acceptors (Lipinski definition) is 6. The molecule has 2 aliphatic heterocycles. The van der Waals surface area contributed by atoms with E-state index in [2.05, 4.69) is 4.90 Å². The molecular weight excluding hydrogens is 384 g/mol. The molecule has 7 heteroatoms. The van der Waals surface area contributed by atoms with Crippen molar-refractivity contribution >= 4 is 17.8 Å². The molecule has 0 saturated carbocycles. The van der Waals surface area contributed by atoms with Gasteiger partial charge in [0.25, 0.3) is 5.91 Å². The number of piperazine rings is 1. The number of amides is 1. The largest absolute Gasteiger partial charge is 0.497 e. The molecule has 0 atom stereocenters. The van der Waals surface area contributed by atoms with E-state index >= 15 is 0 Å². The number of allylic oxidation sites excluding steroid dienone is 1. The van der Waals surface area contributed by atoms with Crippen molar-refractivity contribution < 1.29 is 23.8 Å². The van der Waals surface area contributed by atoms with Crippen molar-refractivity contribution in [1.82, 2.24) is 9.80 Å². The Morgan fingerprint density at radius 2 is 1.90 bits per heavy atom. The van der Waals surface area contributed by atoms with Crippen molar-refractivity contribution in [2.45, 2.75) is 0 Å². The summed E-state index contributed by atoms with van der Waals surface area (Å²) in [6.45, 7) is 3.10. The van der Waals surface area contributed by atoms with E-state index in [-0.39, 0.29) is 24.1 Å². The van der Waals surface area contributed by atoms with Gasteiger partial charge in [-0.25, -0.2) is 0 Å². The summed E-state index contributed by atoms with van der Waals surface area (Å²) in [5.74, 6) is 1.63. The van der Waals surface area contributed by atoms with E-state index in [4.69, 9.17) is 14.2 Å². The summed E-state index contributed by atoms with van der Waals surface area (Å²) in [5.41, 5.74) is 1.28. The molecule has 0 aromatic heterocycles. The lowest BCUT2D eigenvalue weighted by Gasteiger charge is -2.32. The standard InChI is InChI=1S/C23H24N2O5/c1-24-8-10-25(11-9-24)22(26)15-29-18-6-7-19-20(14-18)30-21(23(19)27)13-16-4-3-5-17(12-16)28-2/h3-7,12-14H,8-11,15H2,1-2H3. The topological polar surface area (TPSA) is 68.3 Å². The Morgan fingerprint density at radius 1 is 1.10 bits per heavy atom. The second-order valence-corrected chi connectivity index (χ2v) is 7.35. The highest BCUT2D eigenvalue weighted by Crippen LogP contribution is 2.35. The molecular formula is C23H24N2O5. The normalized spacial score (nSPS) is 17.6. The van der Waals surface area contributed by atoms with Crippen LogP contribution in [0.2, 0.25) is 0 Å². The van der Waals surface area contributed by atoms with Crippen LogP contribution in [0.15, 0.2) is 48.2 Å². The molecule has 0 spiro atoms. The van der Waals surface area contributed by atoms with Gasteiger partial charge >= 0.3 is 0 Å². The lowest BCUT2D eigenvalue weighted by molar-refractivity contribution is -0.134. The molecule has 0 bridgehead atoms. The quantitative estimate of drug-likeness (QED) is 0.708. The molecule has 0 unspecified atom stereocenters. The second kappa shape index (κ2) is 8.59. The van der Waals surface area contributed by atoms with Gasteiger partial charge in [-0.05, 0) is 43.0 Å². The van der Waals surface area contributed by atoms with E-state index < -0.39 is 0 Å². The maximum absolute atomic E-state index is 12.6. The lowest BCUT2D eigenvalue weighted by atomic mass is 10.1. The first kappa shape index (κ1) is 20.0. The van der Waals surface area contributed by atoms with Gasteiger partial charge in [-0.1, -0.05) is 12.1 Å². The average molecular weight is 408 g/mol. The number of ether oxygens (including phenoxy) is 3. The highest BCUT2D eigenvalue weighted by atomic mass is 16.5. The van der Waals surface area contributed by atoms with Crippen LogP contribution in [0, 0.1) is 0 Å². The zero-order valence-corrected chi connectivity index (χ0v) is 17.1. The first-order valence-electron chi connectivity index (χ1n) is 9.85. The number of methoxy groups -OCH3 is 1. The van der Waals surface area contributed by atoms with Crippen LogP contribution in [-0.4, -0.2) is 68.4 Å². The van der Waals surface area contributed by atoms with Crippen molar-refractivity contribution in [1.29, 1.82) is 0 Å². The van der Waals surface area contributed by atoms with Crippen LogP contribution >= 0.6 is 0 Å². The number of rotatable bonds is 5. The number of carbonyl (C=O) groups is 2. The molecule has 30 heavy (non-hydrogen) atoms. The predicted molar refractivity (Wildman–Crippen MR) is 112 cm³/mol. The van der Waals surface area contributed by atoms with Gasteiger partial charge in [-0.15, -0.1) is 0 Å². The number of fused-ring (bicyclic) bond motifs is 1.